The maximum atomic E-state index is 12.9. The zero-order valence-electron chi connectivity index (χ0n) is 14.8. The van der Waals surface area contributed by atoms with Crippen molar-refractivity contribution in [2.24, 2.45) is 0 Å². The smallest absolute Gasteiger partial charge is 0.243 e. The number of carbonyl (C=O) groups excluding carboxylic acids is 1. The second-order valence-corrected chi connectivity index (χ2v) is 8.78. The van der Waals surface area contributed by atoms with Crippen molar-refractivity contribution in [2.45, 2.75) is 18.7 Å². The van der Waals surface area contributed by atoms with Gasteiger partial charge in [-0.3, -0.25) is 4.79 Å². The van der Waals surface area contributed by atoms with Crippen LogP contribution in [0, 0.1) is 6.92 Å². The van der Waals surface area contributed by atoms with Gasteiger partial charge in [-0.2, -0.15) is 4.31 Å². The molecule has 138 valence electrons. The van der Waals surface area contributed by atoms with Gasteiger partial charge in [-0.05, 0) is 43.7 Å². The number of rotatable bonds is 4. The fourth-order valence-corrected chi connectivity index (χ4v) is 4.75. The Labute approximate surface area is 159 Å². The molecule has 1 heterocycles. The summed E-state index contributed by atoms with van der Waals surface area (Å²) in [6, 6.07) is 11.9. The van der Waals surface area contributed by atoms with Crippen LogP contribution in [0.5, 0.6) is 0 Å². The zero-order chi connectivity index (χ0) is 18.9. The van der Waals surface area contributed by atoms with E-state index in [4.69, 9.17) is 11.6 Å². The number of sulfonamides is 1. The Kier molecular flexibility index (Phi) is 5.37. The molecule has 0 amide bonds. The predicted octanol–water partition coefficient (Wildman–Crippen LogP) is 3.36. The van der Waals surface area contributed by atoms with Gasteiger partial charge in [0.1, 0.15) is 0 Å². The molecule has 5 nitrogen and oxygen atoms in total. The number of anilines is 1. The third kappa shape index (κ3) is 3.77. The molecule has 0 saturated carbocycles. The zero-order valence-corrected chi connectivity index (χ0v) is 16.3. The fourth-order valence-electron chi connectivity index (χ4n) is 3.12. The Balaban J connectivity index is 1.78. The van der Waals surface area contributed by atoms with Crippen molar-refractivity contribution in [1.82, 2.24) is 4.31 Å². The van der Waals surface area contributed by atoms with Crippen molar-refractivity contribution >= 4 is 33.1 Å². The lowest BCUT2D eigenvalue weighted by atomic mass is 10.1. The summed E-state index contributed by atoms with van der Waals surface area (Å²) in [5.74, 6) is -0.150. The topological polar surface area (TPSA) is 57.7 Å². The number of Topliss-reactive ketones (excluding diaryl/α,β-unsaturated/α-hetero) is 1. The standard InChI is InChI=1S/C19H21ClN2O3S/c1-14-6-7-17(20)13-19(14)21-8-10-22(11-9-21)26(24,25)18-5-3-4-16(12-18)15(2)23/h3-7,12-13H,8-11H2,1-2H3. The summed E-state index contributed by atoms with van der Waals surface area (Å²) >= 11 is 6.10. The van der Waals surface area contributed by atoms with Gasteiger partial charge in [0, 0.05) is 42.5 Å². The average Bonchev–Trinajstić information content (AvgIpc) is 2.64. The van der Waals surface area contributed by atoms with Gasteiger partial charge < -0.3 is 4.90 Å². The third-order valence-corrected chi connectivity index (χ3v) is 6.76. The van der Waals surface area contributed by atoms with Crippen molar-refractivity contribution < 1.29 is 13.2 Å². The van der Waals surface area contributed by atoms with E-state index in [0.29, 0.717) is 36.8 Å². The van der Waals surface area contributed by atoms with Gasteiger partial charge >= 0.3 is 0 Å². The lowest BCUT2D eigenvalue weighted by Crippen LogP contribution is -2.48. The lowest BCUT2D eigenvalue weighted by molar-refractivity contribution is 0.101. The van der Waals surface area contributed by atoms with Crippen LogP contribution >= 0.6 is 11.6 Å². The Bertz CT molecular complexity index is 936. The molecule has 1 aliphatic rings. The largest absolute Gasteiger partial charge is 0.369 e. The number of piperazine rings is 1. The first-order valence-corrected chi connectivity index (χ1v) is 10.2. The van der Waals surface area contributed by atoms with Crippen molar-refractivity contribution in [3.8, 4) is 0 Å². The minimum Gasteiger partial charge on any atom is -0.369 e. The summed E-state index contributed by atoms with van der Waals surface area (Å²) in [5, 5.41) is 0.668. The van der Waals surface area contributed by atoms with Crippen molar-refractivity contribution in [1.29, 1.82) is 0 Å². The number of halogens is 1. The first kappa shape index (κ1) is 18.9. The molecule has 2 aromatic rings. The third-order valence-electron chi connectivity index (χ3n) is 4.63. The molecular formula is C19H21ClN2O3S. The van der Waals surface area contributed by atoms with Crippen LogP contribution in [0.1, 0.15) is 22.8 Å². The number of aryl methyl sites for hydroxylation is 1. The number of carbonyl (C=O) groups is 1. The second kappa shape index (κ2) is 7.39. The summed E-state index contributed by atoms with van der Waals surface area (Å²) in [6.45, 7) is 5.40. The Morgan fingerprint density at radius 1 is 1.04 bits per heavy atom. The molecule has 0 bridgehead atoms. The molecule has 1 saturated heterocycles. The quantitative estimate of drug-likeness (QED) is 0.748. The van der Waals surface area contributed by atoms with Crippen LogP contribution in [0.15, 0.2) is 47.4 Å². The molecule has 0 aromatic heterocycles. The summed E-state index contributed by atoms with van der Waals surface area (Å²) in [4.78, 5) is 13.9. The maximum Gasteiger partial charge on any atom is 0.243 e. The summed E-state index contributed by atoms with van der Waals surface area (Å²) in [5.41, 5.74) is 2.55. The Hall–Kier alpha value is -1.89. The summed E-state index contributed by atoms with van der Waals surface area (Å²) < 4.78 is 27.3. The molecule has 0 radical (unpaired) electrons. The Morgan fingerprint density at radius 2 is 1.73 bits per heavy atom. The van der Waals surface area contributed by atoms with E-state index in [9.17, 15) is 13.2 Å². The highest BCUT2D eigenvalue weighted by atomic mass is 35.5. The van der Waals surface area contributed by atoms with E-state index >= 15 is 0 Å². The van der Waals surface area contributed by atoms with Gasteiger partial charge in [-0.15, -0.1) is 0 Å². The number of hydrogen-bond acceptors (Lipinski definition) is 4. The van der Waals surface area contributed by atoms with Crippen LogP contribution in [0.3, 0.4) is 0 Å². The van der Waals surface area contributed by atoms with Gasteiger partial charge in [0.05, 0.1) is 4.90 Å². The van der Waals surface area contributed by atoms with Gasteiger partial charge in [0.2, 0.25) is 10.0 Å². The van der Waals surface area contributed by atoms with E-state index in [-0.39, 0.29) is 10.7 Å². The van der Waals surface area contributed by atoms with Gasteiger partial charge in [0.25, 0.3) is 0 Å². The first-order chi connectivity index (χ1) is 12.3. The van der Waals surface area contributed by atoms with E-state index in [1.165, 1.54) is 23.4 Å². The van der Waals surface area contributed by atoms with Crippen LogP contribution in [0.2, 0.25) is 5.02 Å². The van der Waals surface area contributed by atoms with Crippen LogP contribution in [-0.2, 0) is 10.0 Å². The molecule has 0 atom stereocenters. The number of nitrogens with zero attached hydrogens (tertiary/aromatic N) is 2. The summed E-state index contributed by atoms with van der Waals surface area (Å²) in [6.07, 6.45) is 0. The SMILES string of the molecule is CC(=O)c1cccc(S(=O)(=O)N2CCN(c3cc(Cl)ccc3C)CC2)c1. The maximum absolute atomic E-state index is 12.9. The van der Waals surface area contributed by atoms with Crippen molar-refractivity contribution in [3.05, 3.63) is 58.6 Å². The normalized spacial score (nSPS) is 15.9. The highest BCUT2D eigenvalue weighted by Gasteiger charge is 2.29. The van der Waals surface area contributed by atoms with E-state index < -0.39 is 10.0 Å². The monoisotopic (exact) mass is 392 g/mol. The van der Waals surface area contributed by atoms with E-state index in [2.05, 4.69) is 4.90 Å². The fraction of sp³-hybridized carbons (Fsp3) is 0.316. The molecule has 0 spiro atoms. The molecule has 0 aliphatic carbocycles. The minimum absolute atomic E-state index is 0.150. The molecule has 3 rings (SSSR count). The lowest BCUT2D eigenvalue weighted by Gasteiger charge is -2.36. The molecule has 2 aromatic carbocycles. The van der Waals surface area contributed by atoms with E-state index in [0.717, 1.165) is 11.3 Å². The summed E-state index contributed by atoms with van der Waals surface area (Å²) in [7, 11) is -3.61. The number of benzene rings is 2. The highest BCUT2D eigenvalue weighted by Crippen LogP contribution is 2.27. The van der Waals surface area contributed by atoms with Gasteiger partial charge in [-0.25, -0.2) is 8.42 Å². The number of ketones is 1. The number of hydrogen-bond donors (Lipinski definition) is 0. The van der Waals surface area contributed by atoms with Crippen LogP contribution in [0.4, 0.5) is 5.69 Å². The molecule has 1 aliphatic heterocycles. The van der Waals surface area contributed by atoms with Crippen LogP contribution < -0.4 is 4.90 Å². The van der Waals surface area contributed by atoms with Crippen molar-refractivity contribution in [3.63, 3.8) is 0 Å². The van der Waals surface area contributed by atoms with Crippen LogP contribution in [0.25, 0.3) is 0 Å². The molecular weight excluding hydrogens is 372 g/mol. The molecule has 26 heavy (non-hydrogen) atoms. The van der Waals surface area contributed by atoms with E-state index in [1.807, 2.05) is 25.1 Å². The van der Waals surface area contributed by atoms with E-state index in [1.54, 1.807) is 12.1 Å². The molecule has 7 heteroatoms. The van der Waals surface area contributed by atoms with Gasteiger partial charge in [-0.1, -0.05) is 29.8 Å². The first-order valence-electron chi connectivity index (χ1n) is 8.41. The average molecular weight is 393 g/mol. The molecule has 0 unspecified atom stereocenters. The minimum atomic E-state index is -3.61. The highest BCUT2D eigenvalue weighted by molar-refractivity contribution is 7.89. The van der Waals surface area contributed by atoms with Gasteiger partial charge in [0.15, 0.2) is 5.78 Å². The molecule has 0 N–H and O–H groups in total. The molecule has 1 fully saturated rings. The second-order valence-electron chi connectivity index (χ2n) is 6.41. The Morgan fingerprint density at radius 3 is 2.38 bits per heavy atom. The van der Waals surface area contributed by atoms with Crippen LogP contribution in [-0.4, -0.2) is 44.7 Å². The van der Waals surface area contributed by atoms with Crippen molar-refractivity contribution in [2.75, 3.05) is 31.1 Å². The predicted molar refractivity (Wildman–Crippen MR) is 104 cm³/mol.